The van der Waals surface area contributed by atoms with Crippen LogP contribution in [0, 0.1) is 18.7 Å². The lowest BCUT2D eigenvalue weighted by Gasteiger charge is -2.37. The molecule has 194 valence electrons. The monoisotopic (exact) mass is 502 g/mol. The van der Waals surface area contributed by atoms with Crippen LogP contribution in [-0.4, -0.2) is 70.3 Å². The van der Waals surface area contributed by atoms with E-state index in [0.29, 0.717) is 17.9 Å². The van der Waals surface area contributed by atoms with Crippen molar-refractivity contribution in [1.82, 2.24) is 19.9 Å². The van der Waals surface area contributed by atoms with Gasteiger partial charge < -0.3 is 14.9 Å². The van der Waals surface area contributed by atoms with E-state index in [0.717, 1.165) is 72.6 Å². The lowest BCUT2D eigenvalue weighted by molar-refractivity contribution is 0.281. The summed E-state index contributed by atoms with van der Waals surface area (Å²) in [7, 11) is 0. The first-order valence-corrected chi connectivity index (χ1v) is 13.5. The third kappa shape index (κ3) is 4.68. The van der Waals surface area contributed by atoms with Crippen LogP contribution < -0.4 is 9.80 Å². The zero-order chi connectivity index (χ0) is 25.5. The van der Waals surface area contributed by atoms with Crippen LogP contribution in [0.4, 0.5) is 16.0 Å². The molecule has 7 nitrogen and oxygen atoms in total. The number of halogens is 1. The Labute approximate surface area is 218 Å². The molecule has 6 rings (SSSR count). The molecule has 3 atom stereocenters. The lowest BCUT2D eigenvalue weighted by Crippen LogP contribution is -2.47. The van der Waals surface area contributed by atoms with Crippen molar-refractivity contribution >= 4 is 11.6 Å². The zero-order valence-corrected chi connectivity index (χ0v) is 21.6. The highest BCUT2D eigenvalue weighted by molar-refractivity contribution is 5.63. The fourth-order valence-corrected chi connectivity index (χ4v) is 6.50. The van der Waals surface area contributed by atoms with Gasteiger partial charge in [0.1, 0.15) is 23.3 Å². The molecule has 0 spiro atoms. The molecule has 1 aromatic carbocycles. The molecule has 0 amide bonds. The minimum atomic E-state index is -0.240. The van der Waals surface area contributed by atoms with E-state index in [1.54, 1.807) is 6.20 Å². The molecule has 1 N–H and O–H groups in total. The molecule has 0 aliphatic carbocycles. The molecule has 0 bridgehead atoms. The second-order valence-corrected chi connectivity index (χ2v) is 10.8. The maximum absolute atomic E-state index is 13.7. The number of aliphatic hydroxyl groups is 1. The Hall–Kier alpha value is -3.10. The summed E-state index contributed by atoms with van der Waals surface area (Å²) in [6.45, 7) is 10.0. The SMILES string of the molecule is Cc1cc(CO)cnc1N1CCN(c2cc(-c3ccc(F)cc3)nc(C3C(C)CN4CCCC34)n2)CC1. The van der Waals surface area contributed by atoms with E-state index >= 15 is 0 Å². The summed E-state index contributed by atoms with van der Waals surface area (Å²) in [5.74, 6) is 3.45. The minimum absolute atomic E-state index is 0.00651. The van der Waals surface area contributed by atoms with Gasteiger partial charge >= 0.3 is 0 Å². The number of aromatic nitrogens is 3. The first-order chi connectivity index (χ1) is 18.0. The summed E-state index contributed by atoms with van der Waals surface area (Å²) in [5, 5.41) is 9.42. The quantitative estimate of drug-likeness (QED) is 0.566. The van der Waals surface area contributed by atoms with Crippen LogP contribution in [0.2, 0.25) is 0 Å². The molecule has 0 radical (unpaired) electrons. The molecule has 3 saturated heterocycles. The number of pyridine rings is 1. The van der Waals surface area contributed by atoms with Gasteiger partial charge in [0, 0.05) is 62.5 Å². The van der Waals surface area contributed by atoms with E-state index in [-0.39, 0.29) is 12.4 Å². The normalized spacial score (nSPS) is 24.1. The summed E-state index contributed by atoms with van der Waals surface area (Å²) in [5.41, 5.74) is 3.70. The Morgan fingerprint density at radius 3 is 2.49 bits per heavy atom. The van der Waals surface area contributed by atoms with Crippen LogP contribution in [0.3, 0.4) is 0 Å². The van der Waals surface area contributed by atoms with Crippen molar-refractivity contribution in [2.75, 3.05) is 49.1 Å². The predicted octanol–water partition coefficient (Wildman–Crippen LogP) is 4.00. The second-order valence-electron chi connectivity index (χ2n) is 10.8. The number of benzene rings is 1. The molecule has 3 aliphatic heterocycles. The van der Waals surface area contributed by atoms with Gasteiger partial charge in [-0.15, -0.1) is 0 Å². The lowest BCUT2D eigenvalue weighted by atomic mass is 9.89. The zero-order valence-electron chi connectivity index (χ0n) is 21.6. The van der Waals surface area contributed by atoms with E-state index < -0.39 is 0 Å². The number of hydrogen-bond acceptors (Lipinski definition) is 7. The third-order valence-corrected chi connectivity index (χ3v) is 8.33. The maximum atomic E-state index is 13.7. The van der Waals surface area contributed by atoms with Crippen LogP contribution in [0.1, 0.15) is 42.6 Å². The third-order valence-electron chi connectivity index (χ3n) is 8.33. The largest absolute Gasteiger partial charge is 0.392 e. The van der Waals surface area contributed by atoms with E-state index in [4.69, 9.17) is 9.97 Å². The van der Waals surface area contributed by atoms with Gasteiger partial charge in [-0.1, -0.05) is 6.92 Å². The van der Waals surface area contributed by atoms with Crippen LogP contribution >= 0.6 is 0 Å². The highest BCUT2D eigenvalue weighted by atomic mass is 19.1. The molecule has 3 unspecified atom stereocenters. The van der Waals surface area contributed by atoms with Crippen molar-refractivity contribution in [3.63, 3.8) is 0 Å². The summed E-state index contributed by atoms with van der Waals surface area (Å²) < 4.78 is 13.7. The van der Waals surface area contributed by atoms with E-state index in [1.807, 2.05) is 18.2 Å². The van der Waals surface area contributed by atoms with Gasteiger partial charge in [-0.2, -0.15) is 0 Å². The fourth-order valence-electron chi connectivity index (χ4n) is 6.50. The molecule has 5 heterocycles. The van der Waals surface area contributed by atoms with Crippen LogP contribution in [-0.2, 0) is 6.61 Å². The average Bonchev–Trinajstić information content (AvgIpc) is 3.49. The number of anilines is 2. The first kappa shape index (κ1) is 24.2. The number of fused-ring (bicyclic) bond motifs is 1. The standard InChI is InChI=1S/C29H35FN6O/c1-19-14-21(18-37)16-31-29(19)35-12-10-34(11-13-35)26-15-24(22-5-7-23(30)8-6-22)32-28(33-26)27-20(2)17-36-9-3-4-25(27)36/h5-8,14-16,20,25,27,37H,3-4,9-13,17-18H2,1-2H3. The smallest absolute Gasteiger partial charge is 0.136 e. The maximum Gasteiger partial charge on any atom is 0.136 e. The Morgan fingerprint density at radius 2 is 1.76 bits per heavy atom. The Balaban J connectivity index is 1.29. The summed E-state index contributed by atoms with van der Waals surface area (Å²) in [6.07, 6.45) is 4.21. The first-order valence-electron chi connectivity index (χ1n) is 13.5. The Bertz CT molecular complexity index is 1260. The van der Waals surface area contributed by atoms with Gasteiger partial charge in [-0.3, -0.25) is 4.90 Å². The van der Waals surface area contributed by atoms with Crippen molar-refractivity contribution in [2.24, 2.45) is 5.92 Å². The van der Waals surface area contributed by atoms with Gasteiger partial charge in [-0.05, 0) is 73.7 Å². The Kier molecular flexibility index (Phi) is 6.55. The van der Waals surface area contributed by atoms with Gasteiger partial charge in [-0.25, -0.2) is 19.3 Å². The highest BCUT2D eigenvalue weighted by Crippen LogP contribution is 2.42. The van der Waals surface area contributed by atoms with Crippen molar-refractivity contribution in [3.8, 4) is 11.3 Å². The van der Waals surface area contributed by atoms with Crippen LogP contribution in [0.25, 0.3) is 11.3 Å². The molecule has 3 aromatic rings. The molecule has 3 fully saturated rings. The number of nitrogens with zero attached hydrogens (tertiary/aromatic N) is 6. The van der Waals surface area contributed by atoms with E-state index in [9.17, 15) is 9.50 Å². The number of aryl methyl sites for hydroxylation is 1. The van der Waals surface area contributed by atoms with Gasteiger partial charge in [0.15, 0.2) is 0 Å². The fraction of sp³-hybridized carbons (Fsp3) is 0.483. The summed E-state index contributed by atoms with van der Waals surface area (Å²) >= 11 is 0. The van der Waals surface area contributed by atoms with E-state index in [1.165, 1.54) is 31.5 Å². The molecule has 37 heavy (non-hydrogen) atoms. The van der Waals surface area contributed by atoms with E-state index in [2.05, 4.69) is 39.6 Å². The minimum Gasteiger partial charge on any atom is -0.392 e. The molecular formula is C29H35FN6O. The summed E-state index contributed by atoms with van der Waals surface area (Å²) in [4.78, 5) is 22.2. The second kappa shape index (κ2) is 9.99. The summed E-state index contributed by atoms with van der Waals surface area (Å²) in [6, 6.07) is 11.2. The van der Waals surface area contributed by atoms with Gasteiger partial charge in [0.05, 0.1) is 12.3 Å². The Morgan fingerprint density at radius 1 is 1.00 bits per heavy atom. The number of hydrogen-bond donors (Lipinski definition) is 1. The van der Waals surface area contributed by atoms with Crippen molar-refractivity contribution < 1.29 is 9.50 Å². The van der Waals surface area contributed by atoms with Crippen molar-refractivity contribution in [2.45, 2.75) is 45.3 Å². The van der Waals surface area contributed by atoms with Gasteiger partial charge in [0.25, 0.3) is 0 Å². The topological polar surface area (TPSA) is 68.6 Å². The van der Waals surface area contributed by atoms with Gasteiger partial charge in [0.2, 0.25) is 0 Å². The number of aliphatic hydroxyl groups excluding tert-OH is 1. The van der Waals surface area contributed by atoms with Crippen LogP contribution in [0.15, 0.2) is 42.6 Å². The number of piperazine rings is 1. The average molecular weight is 503 g/mol. The van der Waals surface area contributed by atoms with Crippen molar-refractivity contribution in [1.29, 1.82) is 0 Å². The molecule has 8 heteroatoms. The van der Waals surface area contributed by atoms with Crippen molar-refractivity contribution in [3.05, 3.63) is 65.4 Å². The van der Waals surface area contributed by atoms with Crippen LogP contribution in [0.5, 0.6) is 0 Å². The predicted molar refractivity (Wildman–Crippen MR) is 143 cm³/mol. The highest BCUT2D eigenvalue weighted by Gasteiger charge is 2.44. The molecule has 2 aromatic heterocycles. The molecule has 0 saturated carbocycles. The number of rotatable bonds is 5. The molecular weight excluding hydrogens is 467 g/mol. The molecule has 3 aliphatic rings.